The van der Waals surface area contributed by atoms with E-state index in [1.165, 1.54) is 0 Å². The second-order valence-electron chi connectivity index (χ2n) is 4.47. The minimum atomic E-state index is -0.144. The van der Waals surface area contributed by atoms with Crippen LogP contribution in [0.4, 0.5) is 0 Å². The van der Waals surface area contributed by atoms with Crippen LogP contribution in [-0.2, 0) is 4.74 Å². The summed E-state index contributed by atoms with van der Waals surface area (Å²) in [7, 11) is 0. The standard InChI is InChI=1S/C9H12ClNO2/c10-8-4-1-5(9(8)11-12)7-3-13-2-6(4)7/h4-9H,1-3H2/t4-,5-,6-,7-,8+,9-/m1/s1. The van der Waals surface area contributed by atoms with E-state index in [-0.39, 0.29) is 11.4 Å². The van der Waals surface area contributed by atoms with Crippen molar-refractivity contribution >= 4 is 11.6 Å². The maximum Gasteiger partial charge on any atom is 0.112 e. The summed E-state index contributed by atoms with van der Waals surface area (Å²) in [5.41, 5.74) is 0. The predicted molar refractivity (Wildman–Crippen MR) is 48.6 cm³/mol. The fourth-order valence-corrected chi connectivity index (χ4v) is 4.04. The number of nitrogens with zero attached hydrogens (tertiary/aromatic N) is 1. The molecule has 4 heteroatoms. The van der Waals surface area contributed by atoms with Crippen molar-refractivity contribution in [1.29, 1.82) is 0 Å². The van der Waals surface area contributed by atoms with Crippen LogP contribution in [0.5, 0.6) is 0 Å². The molecule has 0 aromatic carbocycles. The highest BCUT2D eigenvalue weighted by molar-refractivity contribution is 6.21. The van der Waals surface area contributed by atoms with Crippen molar-refractivity contribution in [2.45, 2.75) is 17.8 Å². The Hall–Kier alpha value is -0.150. The molecule has 0 spiro atoms. The molecule has 0 aromatic rings. The van der Waals surface area contributed by atoms with Crippen LogP contribution in [0.15, 0.2) is 5.18 Å². The lowest BCUT2D eigenvalue weighted by Gasteiger charge is -2.29. The molecule has 3 fully saturated rings. The molecule has 0 amide bonds. The molecule has 0 radical (unpaired) electrons. The van der Waals surface area contributed by atoms with Gasteiger partial charge in [0, 0.05) is 0 Å². The van der Waals surface area contributed by atoms with E-state index < -0.39 is 0 Å². The first-order valence-electron chi connectivity index (χ1n) is 4.87. The lowest BCUT2D eigenvalue weighted by Crippen LogP contribution is -2.37. The summed E-state index contributed by atoms with van der Waals surface area (Å²) in [6, 6.07) is -0.144. The third-order valence-electron chi connectivity index (χ3n) is 4.11. The van der Waals surface area contributed by atoms with Gasteiger partial charge in [-0.15, -0.1) is 11.6 Å². The van der Waals surface area contributed by atoms with Gasteiger partial charge in [0.25, 0.3) is 0 Å². The fourth-order valence-electron chi connectivity index (χ4n) is 3.52. The summed E-state index contributed by atoms with van der Waals surface area (Å²) >= 11 is 6.19. The van der Waals surface area contributed by atoms with Gasteiger partial charge in [0.05, 0.1) is 18.6 Å². The Morgan fingerprint density at radius 2 is 1.85 bits per heavy atom. The average molecular weight is 202 g/mol. The minimum absolute atomic E-state index is 0.0227. The maximum atomic E-state index is 10.6. The van der Waals surface area contributed by atoms with Crippen molar-refractivity contribution in [3.05, 3.63) is 4.91 Å². The number of ether oxygens (including phenoxy) is 1. The first kappa shape index (κ1) is 8.18. The summed E-state index contributed by atoms with van der Waals surface area (Å²) in [4.78, 5) is 10.6. The highest BCUT2D eigenvalue weighted by atomic mass is 35.5. The number of hydrogen-bond donors (Lipinski definition) is 0. The van der Waals surface area contributed by atoms with E-state index in [9.17, 15) is 4.91 Å². The Kier molecular flexibility index (Phi) is 1.68. The molecule has 6 atom stereocenters. The SMILES string of the molecule is O=N[C@H]1[C@@H](Cl)[C@@H]2C[C@@H]1[C@H]1COC[C@@H]12. The topological polar surface area (TPSA) is 38.7 Å². The third-order valence-corrected chi connectivity index (χ3v) is 4.69. The van der Waals surface area contributed by atoms with Crippen molar-refractivity contribution in [1.82, 2.24) is 0 Å². The molecule has 3 aliphatic rings. The zero-order valence-corrected chi connectivity index (χ0v) is 7.98. The maximum absolute atomic E-state index is 10.6. The van der Waals surface area contributed by atoms with Crippen LogP contribution in [0.2, 0.25) is 0 Å². The van der Waals surface area contributed by atoms with Crippen LogP contribution in [0, 0.1) is 28.6 Å². The molecular formula is C9H12ClNO2. The minimum Gasteiger partial charge on any atom is -0.381 e. The van der Waals surface area contributed by atoms with Crippen molar-refractivity contribution in [2.24, 2.45) is 28.8 Å². The molecule has 2 bridgehead atoms. The fraction of sp³-hybridized carbons (Fsp3) is 1.00. The van der Waals surface area contributed by atoms with Gasteiger partial charge in [-0.3, -0.25) is 0 Å². The van der Waals surface area contributed by atoms with Crippen LogP contribution >= 0.6 is 11.6 Å². The van der Waals surface area contributed by atoms with E-state index in [1.807, 2.05) is 0 Å². The van der Waals surface area contributed by atoms with Crippen LogP contribution in [-0.4, -0.2) is 24.6 Å². The van der Waals surface area contributed by atoms with Crippen molar-refractivity contribution in [2.75, 3.05) is 13.2 Å². The van der Waals surface area contributed by atoms with Crippen LogP contribution < -0.4 is 0 Å². The molecule has 3 rings (SSSR count). The molecule has 1 heterocycles. The molecule has 0 aromatic heterocycles. The lowest BCUT2D eigenvalue weighted by atomic mass is 9.79. The summed E-state index contributed by atoms with van der Waals surface area (Å²) in [5, 5.41) is 3.15. The lowest BCUT2D eigenvalue weighted by molar-refractivity contribution is 0.163. The Bertz CT molecular complexity index is 248. The predicted octanol–water partition coefficient (Wildman–Crippen LogP) is 1.64. The Morgan fingerprint density at radius 3 is 2.54 bits per heavy atom. The summed E-state index contributed by atoms with van der Waals surface area (Å²) in [5.74, 6) is 2.09. The highest BCUT2D eigenvalue weighted by Gasteiger charge is 2.60. The third kappa shape index (κ3) is 0.895. The zero-order chi connectivity index (χ0) is 9.00. The van der Waals surface area contributed by atoms with Crippen LogP contribution in [0.1, 0.15) is 6.42 Å². The summed E-state index contributed by atoms with van der Waals surface area (Å²) in [6.45, 7) is 1.67. The molecule has 1 aliphatic heterocycles. The van der Waals surface area contributed by atoms with Crippen LogP contribution in [0.25, 0.3) is 0 Å². The first-order valence-corrected chi connectivity index (χ1v) is 5.31. The Labute approximate surface area is 81.8 Å². The number of alkyl halides is 1. The van der Waals surface area contributed by atoms with Gasteiger partial charge in [-0.2, -0.15) is 4.91 Å². The van der Waals surface area contributed by atoms with Gasteiger partial charge in [0.2, 0.25) is 0 Å². The summed E-state index contributed by atoms with van der Waals surface area (Å²) in [6.07, 6.45) is 1.10. The van der Waals surface area contributed by atoms with Crippen molar-refractivity contribution in [3.63, 3.8) is 0 Å². The highest BCUT2D eigenvalue weighted by Crippen LogP contribution is 2.57. The molecule has 2 saturated carbocycles. The molecular weight excluding hydrogens is 190 g/mol. The average Bonchev–Trinajstić information content (AvgIpc) is 2.71. The van der Waals surface area contributed by atoms with Gasteiger partial charge in [-0.25, -0.2) is 0 Å². The molecule has 13 heavy (non-hydrogen) atoms. The Morgan fingerprint density at radius 1 is 1.15 bits per heavy atom. The number of rotatable bonds is 1. The van der Waals surface area contributed by atoms with E-state index in [4.69, 9.17) is 16.3 Å². The molecule has 0 N–H and O–H groups in total. The number of halogens is 1. The van der Waals surface area contributed by atoms with Crippen molar-refractivity contribution < 1.29 is 4.74 Å². The van der Waals surface area contributed by atoms with Gasteiger partial charge in [0.1, 0.15) is 6.04 Å². The second kappa shape index (κ2) is 2.67. The molecule has 72 valence electrons. The second-order valence-corrected chi connectivity index (χ2v) is 4.97. The Balaban J connectivity index is 1.91. The monoisotopic (exact) mass is 201 g/mol. The van der Waals surface area contributed by atoms with E-state index >= 15 is 0 Å². The quantitative estimate of drug-likeness (QED) is 0.478. The van der Waals surface area contributed by atoms with Gasteiger partial charge in [-0.1, -0.05) is 5.18 Å². The number of fused-ring (bicyclic) bond motifs is 5. The number of hydrogen-bond acceptors (Lipinski definition) is 3. The zero-order valence-electron chi connectivity index (χ0n) is 7.23. The van der Waals surface area contributed by atoms with Crippen molar-refractivity contribution in [3.8, 4) is 0 Å². The first-order chi connectivity index (χ1) is 6.33. The largest absolute Gasteiger partial charge is 0.381 e. The van der Waals surface area contributed by atoms with E-state index in [0.29, 0.717) is 23.7 Å². The van der Waals surface area contributed by atoms with E-state index in [0.717, 1.165) is 19.6 Å². The summed E-state index contributed by atoms with van der Waals surface area (Å²) < 4.78 is 5.43. The van der Waals surface area contributed by atoms with E-state index in [1.54, 1.807) is 0 Å². The van der Waals surface area contributed by atoms with Gasteiger partial charge < -0.3 is 4.74 Å². The van der Waals surface area contributed by atoms with Gasteiger partial charge in [0.15, 0.2) is 0 Å². The molecule has 2 aliphatic carbocycles. The number of nitroso groups, excluding NO2 is 1. The normalized spacial score (nSPS) is 58.2. The molecule has 1 saturated heterocycles. The molecule has 0 unspecified atom stereocenters. The van der Waals surface area contributed by atoms with Gasteiger partial charge >= 0.3 is 0 Å². The molecule has 3 nitrogen and oxygen atoms in total. The van der Waals surface area contributed by atoms with Gasteiger partial charge in [-0.05, 0) is 30.1 Å². The van der Waals surface area contributed by atoms with Crippen LogP contribution in [0.3, 0.4) is 0 Å². The van der Waals surface area contributed by atoms with E-state index in [2.05, 4.69) is 5.18 Å². The smallest absolute Gasteiger partial charge is 0.112 e.